The smallest absolute Gasteiger partial charge is 0.123 e. The van der Waals surface area contributed by atoms with Crippen LogP contribution in [0.25, 0.3) is 0 Å². The van der Waals surface area contributed by atoms with E-state index < -0.39 is 0 Å². The van der Waals surface area contributed by atoms with E-state index in [1.54, 1.807) is 7.11 Å². The number of ether oxygens (including phenoxy) is 2. The van der Waals surface area contributed by atoms with Gasteiger partial charge < -0.3 is 14.8 Å². The fourth-order valence-electron chi connectivity index (χ4n) is 3.01. The van der Waals surface area contributed by atoms with Crippen molar-refractivity contribution in [2.24, 2.45) is 0 Å². The number of benzene rings is 1. The fraction of sp³-hybridized carbons (Fsp3) is 0.647. The third-order valence-electron chi connectivity index (χ3n) is 4.03. The first-order chi connectivity index (χ1) is 9.41. The van der Waals surface area contributed by atoms with Gasteiger partial charge in [0.2, 0.25) is 0 Å². The SMILES string of the molecule is COc1ccc(C)cc1C(C)NC1CCOC(C)(C)C1. The van der Waals surface area contributed by atoms with Gasteiger partial charge >= 0.3 is 0 Å². The summed E-state index contributed by atoms with van der Waals surface area (Å²) in [6, 6.07) is 7.13. The molecule has 1 saturated heterocycles. The Labute approximate surface area is 122 Å². The van der Waals surface area contributed by atoms with Crippen LogP contribution in [-0.2, 0) is 4.74 Å². The molecule has 3 nitrogen and oxygen atoms in total. The highest BCUT2D eigenvalue weighted by atomic mass is 16.5. The van der Waals surface area contributed by atoms with Gasteiger partial charge in [0.15, 0.2) is 0 Å². The van der Waals surface area contributed by atoms with Crippen LogP contribution in [0.15, 0.2) is 18.2 Å². The number of hydrogen-bond donors (Lipinski definition) is 1. The van der Waals surface area contributed by atoms with E-state index in [1.165, 1.54) is 11.1 Å². The molecule has 2 atom stereocenters. The normalized spacial score (nSPS) is 23.4. The Bertz CT molecular complexity index is 456. The van der Waals surface area contributed by atoms with Gasteiger partial charge in [0.25, 0.3) is 0 Å². The summed E-state index contributed by atoms with van der Waals surface area (Å²) >= 11 is 0. The second kappa shape index (κ2) is 6.15. The fourth-order valence-corrected chi connectivity index (χ4v) is 3.01. The summed E-state index contributed by atoms with van der Waals surface area (Å²) in [5.41, 5.74) is 2.48. The van der Waals surface area contributed by atoms with Gasteiger partial charge in [-0.15, -0.1) is 0 Å². The lowest BCUT2D eigenvalue weighted by Crippen LogP contribution is -2.44. The molecule has 2 rings (SSSR count). The second-order valence-corrected chi connectivity index (χ2v) is 6.43. The highest BCUT2D eigenvalue weighted by Crippen LogP contribution is 2.29. The van der Waals surface area contributed by atoms with Crippen LogP contribution in [0.5, 0.6) is 5.75 Å². The lowest BCUT2D eigenvalue weighted by molar-refractivity contribution is -0.0640. The number of nitrogens with one attached hydrogen (secondary N) is 1. The molecule has 0 radical (unpaired) electrons. The number of rotatable bonds is 4. The highest BCUT2D eigenvalue weighted by Gasteiger charge is 2.29. The molecule has 1 aromatic carbocycles. The zero-order chi connectivity index (χ0) is 14.8. The Morgan fingerprint density at radius 3 is 2.80 bits per heavy atom. The second-order valence-electron chi connectivity index (χ2n) is 6.43. The van der Waals surface area contributed by atoms with E-state index >= 15 is 0 Å². The third-order valence-corrected chi connectivity index (χ3v) is 4.03. The summed E-state index contributed by atoms with van der Waals surface area (Å²) in [7, 11) is 1.73. The minimum atomic E-state index is -0.0215. The minimum absolute atomic E-state index is 0.0215. The molecule has 0 spiro atoms. The van der Waals surface area contributed by atoms with E-state index in [-0.39, 0.29) is 11.6 Å². The summed E-state index contributed by atoms with van der Waals surface area (Å²) in [5.74, 6) is 0.960. The van der Waals surface area contributed by atoms with Gasteiger partial charge in [-0.05, 0) is 46.6 Å². The molecule has 20 heavy (non-hydrogen) atoms. The highest BCUT2D eigenvalue weighted by molar-refractivity contribution is 5.38. The minimum Gasteiger partial charge on any atom is -0.496 e. The molecule has 2 unspecified atom stereocenters. The molecule has 0 aromatic heterocycles. The van der Waals surface area contributed by atoms with Crippen molar-refractivity contribution in [3.8, 4) is 5.75 Å². The largest absolute Gasteiger partial charge is 0.496 e. The molecule has 1 fully saturated rings. The zero-order valence-electron chi connectivity index (χ0n) is 13.3. The molecule has 0 aliphatic carbocycles. The molecule has 1 aliphatic rings. The Balaban J connectivity index is 2.08. The number of aryl methyl sites for hydroxylation is 1. The molecule has 0 saturated carbocycles. The molecule has 112 valence electrons. The van der Waals surface area contributed by atoms with Crippen molar-refractivity contribution < 1.29 is 9.47 Å². The predicted octanol–water partition coefficient (Wildman–Crippen LogP) is 3.61. The maximum Gasteiger partial charge on any atom is 0.123 e. The van der Waals surface area contributed by atoms with Gasteiger partial charge in [-0.1, -0.05) is 17.7 Å². The topological polar surface area (TPSA) is 30.5 Å². The van der Waals surface area contributed by atoms with Crippen LogP contribution in [0.3, 0.4) is 0 Å². The van der Waals surface area contributed by atoms with Crippen molar-refractivity contribution >= 4 is 0 Å². The van der Waals surface area contributed by atoms with Crippen LogP contribution in [0.4, 0.5) is 0 Å². The lowest BCUT2D eigenvalue weighted by Gasteiger charge is -2.37. The summed E-state index contributed by atoms with van der Waals surface area (Å²) < 4.78 is 11.3. The maximum atomic E-state index is 5.78. The Kier molecular flexibility index (Phi) is 4.71. The average Bonchev–Trinajstić information content (AvgIpc) is 2.37. The van der Waals surface area contributed by atoms with Crippen molar-refractivity contribution in [3.63, 3.8) is 0 Å². The monoisotopic (exact) mass is 277 g/mol. The third kappa shape index (κ3) is 3.74. The van der Waals surface area contributed by atoms with E-state index in [0.29, 0.717) is 6.04 Å². The van der Waals surface area contributed by atoms with Crippen LogP contribution in [0, 0.1) is 6.92 Å². The Hall–Kier alpha value is -1.06. The quantitative estimate of drug-likeness (QED) is 0.912. The van der Waals surface area contributed by atoms with Crippen molar-refractivity contribution in [1.29, 1.82) is 0 Å². The van der Waals surface area contributed by atoms with Crippen molar-refractivity contribution in [1.82, 2.24) is 5.32 Å². The van der Waals surface area contributed by atoms with Crippen LogP contribution < -0.4 is 10.1 Å². The van der Waals surface area contributed by atoms with Crippen molar-refractivity contribution in [3.05, 3.63) is 29.3 Å². The van der Waals surface area contributed by atoms with Gasteiger partial charge in [-0.3, -0.25) is 0 Å². The Morgan fingerprint density at radius 2 is 2.15 bits per heavy atom. The van der Waals surface area contributed by atoms with Crippen LogP contribution in [-0.4, -0.2) is 25.4 Å². The summed E-state index contributed by atoms with van der Waals surface area (Å²) in [4.78, 5) is 0. The average molecular weight is 277 g/mol. The molecular weight excluding hydrogens is 250 g/mol. The van der Waals surface area contributed by atoms with Gasteiger partial charge in [0, 0.05) is 24.3 Å². The van der Waals surface area contributed by atoms with Crippen LogP contribution in [0.1, 0.15) is 50.8 Å². The molecule has 1 aromatic rings. The molecule has 0 bridgehead atoms. The first kappa shape index (κ1) is 15.3. The standard InChI is InChI=1S/C17H27NO2/c1-12-6-7-16(19-5)15(10-12)13(2)18-14-8-9-20-17(3,4)11-14/h6-7,10,13-14,18H,8-9,11H2,1-5H3. The number of methoxy groups -OCH3 is 1. The molecule has 1 N–H and O–H groups in total. The first-order valence-electron chi connectivity index (χ1n) is 7.46. The summed E-state index contributed by atoms with van der Waals surface area (Å²) in [5, 5.41) is 3.73. The van der Waals surface area contributed by atoms with Crippen LogP contribution in [0.2, 0.25) is 0 Å². The number of hydrogen-bond acceptors (Lipinski definition) is 3. The summed E-state index contributed by atoms with van der Waals surface area (Å²) in [6.45, 7) is 9.49. The first-order valence-corrected chi connectivity index (χ1v) is 7.46. The molecule has 1 aliphatic heterocycles. The van der Waals surface area contributed by atoms with E-state index in [9.17, 15) is 0 Å². The Morgan fingerprint density at radius 1 is 1.40 bits per heavy atom. The molecule has 0 amide bonds. The molecule has 1 heterocycles. The van der Waals surface area contributed by atoms with E-state index in [4.69, 9.17) is 9.47 Å². The molecule has 3 heteroatoms. The lowest BCUT2D eigenvalue weighted by atomic mass is 9.92. The predicted molar refractivity (Wildman–Crippen MR) is 82.3 cm³/mol. The van der Waals surface area contributed by atoms with E-state index in [2.05, 4.69) is 51.2 Å². The van der Waals surface area contributed by atoms with Crippen molar-refractivity contribution in [2.45, 2.75) is 58.2 Å². The van der Waals surface area contributed by atoms with Crippen LogP contribution >= 0.6 is 0 Å². The van der Waals surface area contributed by atoms with Gasteiger partial charge in [0.1, 0.15) is 5.75 Å². The van der Waals surface area contributed by atoms with E-state index in [0.717, 1.165) is 25.2 Å². The zero-order valence-corrected chi connectivity index (χ0v) is 13.3. The van der Waals surface area contributed by atoms with Gasteiger partial charge in [-0.25, -0.2) is 0 Å². The van der Waals surface area contributed by atoms with Crippen molar-refractivity contribution in [2.75, 3.05) is 13.7 Å². The van der Waals surface area contributed by atoms with Gasteiger partial charge in [-0.2, -0.15) is 0 Å². The maximum absolute atomic E-state index is 5.78. The summed E-state index contributed by atoms with van der Waals surface area (Å²) in [6.07, 6.45) is 2.12. The molecular formula is C17H27NO2. The van der Waals surface area contributed by atoms with Gasteiger partial charge in [0.05, 0.1) is 12.7 Å². The van der Waals surface area contributed by atoms with E-state index in [1.807, 2.05) is 0 Å².